The van der Waals surface area contributed by atoms with Crippen LogP contribution in [0.25, 0.3) is 5.65 Å². The van der Waals surface area contributed by atoms with Crippen molar-refractivity contribution in [3.05, 3.63) is 60.0 Å². The number of hydrogen-bond donors (Lipinski definition) is 2. The quantitative estimate of drug-likeness (QED) is 0.311. The van der Waals surface area contributed by atoms with Crippen LogP contribution in [0.4, 0.5) is 0 Å². The van der Waals surface area contributed by atoms with E-state index in [-0.39, 0.29) is 0 Å². The summed E-state index contributed by atoms with van der Waals surface area (Å²) in [4.78, 5) is 4.68. The van der Waals surface area contributed by atoms with Crippen LogP contribution in [0.5, 0.6) is 5.75 Å². The summed E-state index contributed by atoms with van der Waals surface area (Å²) in [5.41, 5.74) is 1.91. The molecule has 0 spiro atoms. The lowest BCUT2D eigenvalue weighted by Crippen LogP contribution is -2.37. The van der Waals surface area contributed by atoms with Crippen molar-refractivity contribution in [3.63, 3.8) is 0 Å². The lowest BCUT2D eigenvalue weighted by molar-refractivity contribution is 0.172. The highest BCUT2D eigenvalue weighted by Crippen LogP contribution is 2.14. The fourth-order valence-corrected chi connectivity index (χ4v) is 2.81. The number of methoxy groups -OCH3 is 1. The van der Waals surface area contributed by atoms with Gasteiger partial charge in [0.15, 0.2) is 17.4 Å². The van der Waals surface area contributed by atoms with Crippen molar-refractivity contribution in [2.24, 2.45) is 4.99 Å². The number of pyridine rings is 1. The van der Waals surface area contributed by atoms with E-state index in [9.17, 15) is 0 Å². The van der Waals surface area contributed by atoms with Crippen LogP contribution < -0.4 is 15.4 Å². The van der Waals surface area contributed by atoms with Crippen molar-refractivity contribution in [2.45, 2.75) is 26.4 Å². The number of guanidine groups is 1. The Balaban J connectivity index is 1.59. The Morgan fingerprint density at radius 2 is 2.03 bits per heavy atom. The molecule has 0 aliphatic rings. The minimum atomic E-state index is 0.527. The summed E-state index contributed by atoms with van der Waals surface area (Å²) in [5.74, 6) is 2.41. The summed E-state index contributed by atoms with van der Waals surface area (Å²) in [7, 11) is 1.69. The molecule has 0 saturated carbocycles. The smallest absolute Gasteiger partial charge is 0.191 e. The van der Waals surface area contributed by atoms with Crippen LogP contribution in [-0.2, 0) is 17.8 Å². The van der Waals surface area contributed by atoms with Crippen LogP contribution in [0.15, 0.2) is 53.7 Å². The number of hydrogen-bond acceptors (Lipinski definition) is 5. The minimum Gasteiger partial charge on any atom is -0.493 e. The van der Waals surface area contributed by atoms with Gasteiger partial charge in [-0.15, -0.1) is 10.2 Å². The van der Waals surface area contributed by atoms with Gasteiger partial charge in [-0.05, 0) is 36.8 Å². The van der Waals surface area contributed by atoms with E-state index in [0.717, 1.165) is 41.7 Å². The van der Waals surface area contributed by atoms with Crippen LogP contribution >= 0.6 is 0 Å². The summed E-state index contributed by atoms with van der Waals surface area (Å²) < 4.78 is 12.8. The lowest BCUT2D eigenvalue weighted by atomic mass is 10.2. The van der Waals surface area contributed by atoms with E-state index in [4.69, 9.17) is 9.47 Å². The summed E-state index contributed by atoms with van der Waals surface area (Å²) in [6, 6.07) is 13.8. The largest absolute Gasteiger partial charge is 0.493 e. The van der Waals surface area contributed by atoms with E-state index in [1.54, 1.807) is 7.11 Å². The molecule has 0 atom stereocenters. The highest BCUT2D eigenvalue weighted by Gasteiger charge is 2.06. The monoisotopic (exact) mass is 396 g/mol. The highest BCUT2D eigenvalue weighted by molar-refractivity contribution is 5.79. The summed E-state index contributed by atoms with van der Waals surface area (Å²) in [5, 5.41) is 15.0. The molecule has 2 aromatic heterocycles. The zero-order chi connectivity index (χ0) is 20.3. The number of aromatic nitrogens is 3. The minimum absolute atomic E-state index is 0.527. The van der Waals surface area contributed by atoms with Gasteiger partial charge >= 0.3 is 0 Å². The molecule has 0 bridgehead atoms. The van der Waals surface area contributed by atoms with Gasteiger partial charge in [0, 0.05) is 32.9 Å². The van der Waals surface area contributed by atoms with E-state index in [2.05, 4.69) is 25.8 Å². The van der Waals surface area contributed by atoms with Crippen LogP contribution in [-0.4, -0.2) is 47.4 Å². The van der Waals surface area contributed by atoms with Gasteiger partial charge in [-0.1, -0.05) is 18.2 Å². The summed E-state index contributed by atoms with van der Waals surface area (Å²) in [6.45, 7) is 5.22. The van der Waals surface area contributed by atoms with Crippen molar-refractivity contribution >= 4 is 11.6 Å². The number of ether oxygens (including phenoxy) is 2. The molecular weight excluding hydrogens is 368 g/mol. The third kappa shape index (κ3) is 6.18. The van der Waals surface area contributed by atoms with Gasteiger partial charge in [0.05, 0.1) is 19.7 Å². The molecule has 0 fully saturated rings. The first-order valence-electron chi connectivity index (χ1n) is 9.81. The number of rotatable bonds is 10. The second-order valence-corrected chi connectivity index (χ2v) is 6.44. The van der Waals surface area contributed by atoms with Gasteiger partial charge in [-0.2, -0.15) is 0 Å². The fourth-order valence-electron chi connectivity index (χ4n) is 2.81. The molecule has 0 saturated heterocycles. The Kier molecular flexibility index (Phi) is 7.82. The average molecular weight is 396 g/mol. The van der Waals surface area contributed by atoms with Gasteiger partial charge < -0.3 is 20.1 Å². The van der Waals surface area contributed by atoms with E-state index >= 15 is 0 Å². The molecule has 1 aromatic carbocycles. The Morgan fingerprint density at radius 3 is 2.90 bits per heavy atom. The third-order valence-corrected chi connectivity index (χ3v) is 4.22. The van der Waals surface area contributed by atoms with Crippen LogP contribution in [0.1, 0.15) is 24.7 Å². The number of nitrogens with one attached hydrogen (secondary N) is 2. The van der Waals surface area contributed by atoms with Gasteiger partial charge in [0.25, 0.3) is 0 Å². The molecule has 2 N–H and O–H groups in total. The molecule has 0 aliphatic heterocycles. The number of benzene rings is 1. The molecule has 29 heavy (non-hydrogen) atoms. The maximum Gasteiger partial charge on any atom is 0.191 e. The first-order chi connectivity index (χ1) is 14.3. The normalized spacial score (nSPS) is 11.6. The van der Waals surface area contributed by atoms with E-state index in [1.807, 2.05) is 60.0 Å². The lowest BCUT2D eigenvalue weighted by Gasteiger charge is -2.11. The predicted molar refractivity (Wildman–Crippen MR) is 113 cm³/mol. The van der Waals surface area contributed by atoms with Crippen molar-refractivity contribution in [3.8, 4) is 5.75 Å². The van der Waals surface area contributed by atoms with Crippen molar-refractivity contribution in [1.82, 2.24) is 25.2 Å². The second-order valence-electron chi connectivity index (χ2n) is 6.44. The SMILES string of the molecule is CCNC(=NCc1cccc(OCCCOC)c1)NCc1nnc2ccccn12. The van der Waals surface area contributed by atoms with E-state index < -0.39 is 0 Å². The molecule has 3 rings (SSSR count). The van der Waals surface area contributed by atoms with Crippen LogP contribution in [0.3, 0.4) is 0 Å². The Morgan fingerprint density at radius 1 is 1.10 bits per heavy atom. The first-order valence-corrected chi connectivity index (χ1v) is 9.81. The standard InChI is InChI=1S/C21H28N6O2/c1-3-22-21(24-16-20-26-25-19-10-4-5-11-27(19)20)23-15-17-8-6-9-18(14-17)29-13-7-12-28-2/h4-6,8-11,14H,3,7,12-13,15-16H2,1-2H3,(H2,22,23,24). The second kappa shape index (κ2) is 11.0. The maximum absolute atomic E-state index is 5.76. The van der Waals surface area contributed by atoms with Gasteiger partial charge in [0.1, 0.15) is 5.75 Å². The van der Waals surface area contributed by atoms with Gasteiger partial charge in [-0.25, -0.2) is 4.99 Å². The molecule has 154 valence electrons. The van der Waals surface area contributed by atoms with Crippen molar-refractivity contribution < 1.29 is 9.47 Å². The highest BCUT2D eigenvalue weighted by atomic mass is 16.5. The summed E-state index contributed by atoms with van der Waals surface area (Å²) in [6.07, 6.45) is 2.82. The molecule has 0 unspecified atom stereocenters. The number of nitrogens with zero attached hydrogens (tertiary/aromatic N) is 4. The van der Waals surface area contributed by atoms with Gasteiger partial charge in [-0.3, -0.25) is 4.40 Å². The fraction of sp³-hybridized carbons (Fsp3) is 0.381. The van der Waals surface area contributed by atoms with Crippen molar-refractivity contribution in [1.29, 1.82) is 0 Å². The zero-order valence-corrected chi connectivity index (χ0v) is 17.0. The average Bonchev–Trinajstić information content (AvgIpc) is 3.17. The topological polar surface area (TPSA) is 85.1 Å². The molecule has 8 nitrogen and oxygen atoms in total. The van der Waals surface area contributed by atoms with E-state index in [0.29, 0.717) is 26.3 Å². The molecule has 0 amide bonds. The molecule has 8 heteroatoms. The first kappa shape index (κ1) is 20.6. The molecule has 3 aromatic rings. The molecule has 0 radical (unpaired) electrons. The van der Waals surface area contributed by atoms with Crippen molar-refractivity contribution in [2.75, 3.05) is 26.9 Å². The summed E-state index contributed by atoms with van der Waals surface area (Å²) >= 11 is 0. The number of aliphatic imine (C=N–C) groups is 1. The van der Waals surface area contributed by atoms with Crippen LogP contribution in [0.2, 0.25) is 0 Å². The third-order valence-electron chi connectivity index (χ3n) is 4.22. The Hall–Kier alpha value is -3.13. The predicted octanol–water partition coefficient (Wildman–Crippen LogP) is 2.40. The molecular formula is C21H28N6O2. The maximum atomic E-state index is 5.76. The number of fused-ring (bicyclic) bond motifs is 1. The van der Waals surface area contributed by atoms with E-state index in [1.165, 1.54) is 0 Å². The van der Waals surface area contributed by atoms with Gasteiger partial charge in [0.2, 0.25) is 0 Å². The zero-order valence-electron chi connectivity index (χ0n) is 17.0. The Bertz CT molecular complexity index is 924. The molecule has 0 aliphatic carbocycles. The molecule has 2 heterocycles. The Labute approximate surface area is 171 Å². The van der Waals surface area contributed by atoms with Crippen LogP contribution in [0, 0.1) is 0 Å².